The average Bonchev–Trinajstić information content (AvgIpc) is 2.65. The number of benzene rings is 1. The molecule has 4 nitrogen and oxygen atoms in total. The first kappa shape index (κ1) is 16.5. The molecule has 0 amide bonds. The number of unbranched alkanes of at least 4 members (excludes halogenated alkanes) is 1. The number of hydrogen-bond acceptors (Lipinski definition) is 4. The van der Waals surface area contributed by atoms with E-state index in [1.807, 2.05) is 12.3 Å². The lowest BCUT2D eigenvalue weighted by molar-refractivity contribution is 0.354. The molecule has 0 saturated heterocycles. The van der Waals surface area contributed by atoms with Crippen molar-refractivity contribution in [2.75, 3.05) is 20.8 Å². The molecule has 0 radical (unpaired) electrons. The van der Waals surface area contributed by atoms with Crippen LogP contribution in [-0.4, -0.2) is 31.5 Å². The molecule has 2 aromatic rings. The van der Waals surface area contributed by atoms with Gasteiger partial charge in [-0.15, -0.1) is 0 Å². The summed E-state index contributed by atoms with van der Waals surface area (Å²) >= 11 is 0. The van der Waals surface area contributed by atoms with Gasteiger partial charge in [0.15, 0.2) is 11.5 Å². The molecular formula is C20H24N2O2. The minimum absolute atomic E-state index is 0.727. The van der Waals surface area contributed by atoms with Gasteiger partial charge in [-0.25, -0.2) is 0 Å². The molecule has 0 atom stereocenters. The molecule has 0 fully saturated rings. The predicted molar refractivity (Wildman–Crippen MR) is 96.6 cm³/mol. The molecular weight excluding hydrogens is 300 g/mol. The fraction of sp³-hybridized carbons (Fsp3) is 0.400. The molecule has 1 aliphatic rings. The summed E-state index contributed by atoms with van der Waals surface area (Å²) in [7, 11) is 3.32. The van der Waals surface area contributed by atoms with Crippen molar-refractivity contribution < 1.29 is 9.47 Å². The largest absolute Gasteiger partial charge is 0.493 e. The van der Waals surface area contributed by atoms with Crippen LogP contribution in [0.25, 0.3) is 0 Å². The van der Waals surface area contributed by atoms with Gasteiger partial charge in [0.25, 0.3) is 0 Å². The highest BCUT2D eigenvalue weighted by Crippen LogP contribution is 2.33. The second kappa shape index (κ2) is 7.47. The summed E-state index contributed by atoms with van der Waals surface area (Å²) in [4.78, 5) is 9.37. The topological polar surface area (TPSA) is 43.7 Å². The summed E-state index contributed by atoms with van der Waals surface area (Å²) in [5, 5.41) is 0. The third-order valence-electron chi connectivity index (χ3n) is 4.40. The summed E-state index contributed by atoms with van der Waals surface area (Å²) in [5.41, 5.74) is 5.47. The summed E-state index contributed by atoms with van der Waals surface area (Å²) in [5.74, 6) is 1.49. The van der Waals surface area contributed by atoms with Gasteiger partial charge < -0.3 is 9.47 Å². The number of ether oxygens (including phenoxy) is 2. The number of rotatable bonds is 6. The highest BCUT2D eigenvalue weighted by molar-refractivity contribution is 6.13. The van der Waals surface area contributed by atoms with E-state index in [2.05, 4.69) is 30.1 Å². The van der Waals surface area contributed by atoms with E-state index in [-0.39, 0.29) is 0 Å². The molecule has 1 aliphatic heterocycles. The van der Waals surface area contributed by atoms with Crippen molar-refractivity contribution in [3.05, 3.63) is 52.8 Å². The molecule has 2 heterocycles. The maximum absolute atomic E-state index is 5.45. The third-order valence-corrected chi connectivity index (χ3v) is 4.40. The van der Waals surface area contributed by atoms with Crippen LogP contribution in [0.3, 0.4) is 0 Å². The maximum atomic E-state index is 5.45. The number of methoxy groups -OCH3 is 2. The fourth-order valence-corrected chi connectivity index (χ4v) is 3.03. The summed E-state index contributed by atoms with van der Waals surface area (Å²) in [6, 6.07) is 8.31. The Hall–Kier alpha value is -2.36. The summed E-state index contributed by atoms with van der Waals surface area (Å²) < 4.78 is 10.9. The number of hydrogen-bond donors (Lipinski definition) is 0. The van der Waals surface area contributed by atoms with Gasteiger partial charge in [0.1, 0.15) is 0 Å². The maximum Gasteiger partial charge on any atom is 0.161 e. The molecule has 3 rings (SSSR count). The van der Waals surface area contributed by atoms with Crippen molar-refractivity contribution in [1.29, 1.82) is 0 Å². The molecule has 24 heavy (non-hydrogen) atoms. The Morgan fingerprint density at radius 1 is 1.08 bits per heavy atom. The van der Waals surface area contributed by atoms with Crippen molar-refractivity contribution in [1.82, 2.24) is 4.98 Å². The summed E-state index contributed by atoms with van der Waals surface area (Å²) in [6.45, 7) is 2.98. The van der Waals surface area contributed by atoms with E-state index < -0.39 is 0 Å². The number of aromatic nitrogens is 1. The van der Waals surface area contributed by atoms with Gasteiger partial charge in [0, 0.05) is 18.3 Å². The standard InChI is InChI=1S/C20H24N2O2/c1-4-5-6-14-7-8-17(22-13-14)20-16-12-19(24-3)18(23-2)11-15(16)9-10-21-20/h7-8,11-13H,4-6,9-10H2,1-3H3. The monoisotopic (exact) mass is 324 g/mol. The van der Waals surface area contributed by atoms with E-state index in [1.165, 1.54) is 24.0 Å². The number of pyridine rings is 1. The first-order chi connectivity index (χ1) is 11.8. The molecule has 0 spiro atoms. The van der Waals surface area contributed by atoms with Crippen LogP contribution in [0, 0.1) is 0 Å². The average molecular weight is 324 g/mol. The number of fused-ring (bicyclic) bond motifs is 1. The smallest absolute Gasteiger partial charge is 0.161 e. The third kappa shape index (κ3) is 3.28. The van der Waals surface area contributed by atoms with Crippen LogP contribution in [0.15, 0.2) is 35.5 Å². The molecule has 1 aromatic carbocycles. The lowest BCUT2D eigenvalue weighted by atomic mass is 9.94. The van der Waals surface area contributed by atoms with Crippen LogP contribution >= 0.6 is 0 Å². The Labute approximate surface area is 143 Å². The summed E-state index contributed by atoms with van der Waals surface area (Å²) in [6.07, 6.45) is 6.36. The second-order valence-corrected chi connectivity index (χ2v) is 6.00. The Morgan fingerprint density at radius 2 is 1.88 bits per heavy atom. The van der Waals surface area contributed by atoms with Gasteiger partial charge in [-0.2, -0.15) is 0 Å². The van der Waals surface area contributed by atoms with Gasteiger partial charge in [0.05, 0.1) is 25.6 Å². The van der Waals surface area contributed by atoms with Crippen LogP contribution in [0.4, 0.5) is 0 Å². The normalized spacial score (nSPS) is 13.2. The zero-order chi connectivity index (χ0) is 16.9. The lowest BCUT2D eigenvalue weighted by Crippen LogP contribution is -2.16. The van der Waals surface area contributed by atoms with Crippen LogP contribution in [0.2, 0.25) is 0 Å². The molecule has 4 heteroatoms. The molecule has 0 aliphatic carbocycles. The molecule has 0 saturated carbocycles. The first-order valence-electron chi connectivity index (χ1n) is 8.51. The molecule has 0 N–H and O–H groups in total. The van der Waals surface area contributed by atoms with Crippen LogP contribution < -0.4 is 9.47 Å². The van der Waals surface area contributed by atoms with E-state index in [4.69, 9.17) is 14.5 Å². The highest BCUT2D eigenvalue weighted by Gasteiger charge is 2.20. The molecule has 0 bridgehead atoms. The Bertz CT molecular complexity index is 736. The SMILES string of the molecule is CCCCc1ccc(C2=NCCc3cc(OC)c(OC)cc32)nc1. The molecule has 1 aromatic heterocycles. The van der Waals surface area contributed by atoms with E-state index in [0.717, 1.165) is 47.9 Å². The zero-order valence-corrected chi connectivity index (χ0v) is 14.6. The van der Waals surface area contributed by atoms with E-state index in [0.29, 0.717) is 0 Å². The zero-order valence-electron chi connectivity index (χ0n) is 14.6. The van der Waals surface area contributed by atoms with Gasteiger partial charge in [-0.05, 0) is 48.6 Å². The van der Waals surface area contributed by atoms with Crippen molar-refractivity contribution in [2.45, 2.75) is 32.6 Å². The lowest BCUT2D eigenvalue weighted by Gasteiger charge is -2.19. The van der Waals surface area contributed by atoms with Crippen molar-refractivity contribution in [3.8, 4) is 11.5 Å². The van der Waals surface area contributed by atoms with Crippen molar-refractivity contribution in [2.24, 2.45) is 4.99 Å². The van der Waals surface area contributed by atoms with Gasteiger partial charge in [-0.1, -0.05) is 19.4 Å². The number of nitrogens with zero attached hydrogens (tertiary/aromatic N) is 2. The van der Waals surface area contributed by atoms with E-state index in [1.54, 1.807) is 14.2 Å². The second-order valence-electron chi connectivity index (χ2n) is 6.00. The minimum Gasteiger partial charge on any atom is -0.493 e. The van der Waals surface area contributed by atoms with Gasteiger partial charge in [-0.3, -0.25) is 9.98 Å². The van der Waals surface area contributed by atoms with Crippen LogP contribution in [0.1, 0.15) is 42.1 Å². The van der Waals surface area contributed by atoms with Crippen molar-refractivity contribution in [3.63, 3.8) is 0 Å². The van der Waals surface area contributed by atoms with Crippen LogP contribution in [-0.2, 0) is 12.8 Å². The minimum atomic E-state index is 0.727. The van der Waals surface area contributed by atoms with Crippen molar-refractivity contribution >= 4 is 5.71 Å². The molecule has 126 valence electrons. The number of aryl methyl sites for hydroxylation is 1. The van der Waals surface area contributed by atoms with Crippen LogP contribution in [0.5, 0.6) is 11.5 Å². The first-order valence-corrected chi connectivity index (χ1v) is 8.51. The highest BCUT2D eigenvalue weighted by atomic mass is 16.5. The Morgan fingerprint density at radius 3 is 2.54 bits per heavy atom. The fourth-order valence-electron chi connectivity index (χ4n) is 3.03. The molecule has 0 unspecified atom stereocenters. The predicted octanol–water partition coefficient (Wildman–Crippen LogP) is 3.83. The van der Waals surface area contributed by atoms with E-state index >= 15 is 0 Å². The number of aliphatic imine (C=N–C) groups is 1. The van der Waals surface area contributed by atoms with Gasteiger partial charge >= 0.3 is 0 Å². The Balaban J connectivity index is 1.94. The quantitative estimate of drug-likeness (QED) is 0.811. The Kier molecular flexibility index (Phi) is 5.14. The van der Waals surface area contributed by atoms with E-state index in [9.17, 15) is 0 Å². The van der Waals surface area contributed by atoms with Gasteiger partial charge in [0.2, 0.25) is 0 Å².